The van der Waals surface area contributed by atoms with Crippen LogP contribution >= 0.6 is 11.3 Å². The van der Waals surface area contributed by atoms with Crippen LogP contribution in [0.25, 0.3) is 0 Å². The zero-order valence-corrected chi connectivity index (χ0v) is 8.23. The number of hydrogen-bond donors (Lipinski definition) is 0. The SMILES string of the molecule is CCCCOC(=O)c1ccsc1[O]. The van der Waals surface area contributed by atoms with Gasteiger partial charge in [-0.2, -0.15) is 0 Å². The molecule has 0 saturated carbocycles. The van der Waals surface area contributed by atoms with Crippen molar-refractivity contribution >= 4 is 17.3 Å². The Bertz CT molecular complexity index is 280. The van der Waals surface area contributed by atoms with Crippen molar-refractivity contribution in [3.8, 4) is 5.06 Å². The van der Waals surface area contributed by atoms with Crippen molar-refractivity contribution in [3.05, 3.63) is 17.0 Å². The first-order chi connectivity index (χ1) is 6.25. The van der Waals surface area contributed by atoms with Crippen molar-refractivity contribution in [2.45, 2.75) is 19.8 Å². The maximum Gasteiger partial charge on any atom is 0.343 e. The quantitative estimate of drug-likeness (QED) is 0.553. The fraction of sp³-hybridized carbons (Fsp3) is 0.444. The first-order valence-corrected chi connectivity index (χ1v) is 5.05. The Morgan fingerprint density at radius 2 is 2.38 bits per heavy atom. The summed E-state index contributed by atoms with van der Waals surface area (Å²) >= 11 is 1.02. The standard InChI is InChI=1S/C9H11O3S/c1-2-3-5-12-8(10)7-4-6-13-9(7)11/h4,6H,2-3,5H2,1H3. The molecular weight excluding hydrogens is 188 g/mol. The Hall–Kier alpha value is -1.03. The number of carbonyl (C=O) groups is 1. The molecule has 0 aromatic carbocycles. The summed E-state index contributed by atoms with van der Waals surface area (Å²) in [5, 5.41) is 12.4. The first-order valence-electron chi connectivity index (χ1n) is 4.17. The lowest BCUT2D eigenvalue weighted by molar-refractivity contribution is 0.0496. The molecule has 0 unspecified atom stereocenters. The van der Waals surface area contributed by atoms with Gasteiger partial charge in [0, 0.05) is 0 Å². The van der Waals surface area contributed by atoms with Crippen molar-refractivity contribution < 1.29 is 14.6 Å². The lowest BCUT2D eigenvalue weighted by Gasteiger charge is -2.00. The average Bonchev–Trinajstić information content (AvgIpc) is 2.52. The highest BCUT2D eigenvalue weighted by Gasteiger charge is 2.14. The second kappa shape index (κ2) is 4.87. The van der Waals surface area contributed by atoms with E-state index in [-0.39, 0.29) is 10.6 Å². The van der Waals surface area contributed by atoms with E-state index in [0.717, 1.165) is 24.2 Å². The highest BCUT2D eigenvalue weighted by Crippen LogP contribution is 2.25. The highest BCUT2D eigenvalue weighted by molar-refractivity contribution is 7.12. The summed E-state index contributed by atoms with van der Waals surface area (Å²) in [6.45, 7) is 2.40. The Balaban J connectivity index is 2.45. The molecule has 0 atom stereocenters. The summed E-state index contributed by atoms with van der Waals surface area (Å²) in [5.74, 6) is -0.500. The Labute approximate surface area is 81.0 Å². The van der Waals surface area contributed by atoms with Crippen LogP contribution in [-0.4, -0.2) is 12.6 Å². The number of carbonyl (C=O) groups excluding carboxylic acids is 1. The molecule has 0 aliphatic rings. The second-order valence-corrected chi connectivity index (χ2v) is 3.49. The first kappa shape index (κ1) is 10.1. The van der Waals surface area contributed by atoms with E-state index in [2.05, 4.69) is 0 Å². The van der Waals surface area contributed by atoms with Crippen LogP contribution in [0.3, 0.4) is 0 Å². The molecule has 3 nitrogen and oxygen atoms in total. The van der Waals surface area contributed by atoms with Crippen molar-refractivity contribution in [3.63, 3.8) is 0 Å². The predicted molar refractivity (Wildman–Crippen MR) is 49.6 cm³/mol. The maximum atomic E-state index is 11.2. The normalized spacial score (nSPS) is 9.92. The van der Waals surface area contributed by atoms with E-state index >= 15 is 0 Å². The third-order valence-corrected chi connectivity index (χ3v) is 2.29. The summed E-state index contributed by atoms with van der Waals surface area (Å²) in [5.41, 5.74) is 0.154. The lowest BCUT2D eigenvalue weighted by Crippen LogP contribution is -2.04. The van der Waals surface area contributed by atoms with Crippen LogP contribution in [0.5, 0.6) is 5.06 Å². The van der Waals surface area contributed by atoms with E-state index in [4.69, 9.17) is 4.74 Å². The molecule has 1 rings (SSSR count). The van der Waals surface area contributed by atoms with Gasteiger partial charge in [0.25, 0.3) is 0 Å². The van der Waals surface area contributed by atoms with Gasteiger partial charge in [0.05, 0.1) is 6.61 Å². The molecule has 0 aliphatic heterocycles. The highest BCUT2D eigenvalue weighted by atomic mass is 32.1. The van der Waals surface area contributed by atoms with Crippen LogP contribution in [0, 0.1) is 0 Å². The Morgan fingerprint density at radius 3 is 2.92 bits per heavy atom. The summed E-state index contributed by atoms with van der Waals surface area (Å²) in [6.07, 6.45) is 1.81. The zero-order chi connectivity index (χ0) is 9.68. The van der Waals surface area contributed by atoms with Gasteiger partial charge in [-0.05, 0) is 17.9 Å². The van der Waals surface area contributed by atoms with Crippen LogP contribution in [-0.2, 0) is 9.84 Å². The maximum absolute atomic E-state index is 11.2. The van der Waals surface area contributed by atoms with Crippen LogP contribution in [0.2, 0.25) is 0 Å². The van der Waals surface area contributed by atoms with E-state index in [0.29, 0.717) is 6.61 Å². The molecule has 0 saturated heterocycles. The van der Waals surface area contributed by atoms with Gasteiger partial charge in [-0.3, -0.25) is 5.11 Å². The van der Waals surface area contributed by atoms with Gasteiger partial charge in [-0.25, -0.2) is 4.79 Å². The monoisotopic (exact) mass is 199 g/mol. The molecule has 0 N–H and O–H groups in total. The summed E-state index contributed by atoms with van der Waals surface area (Å²) in [6, 6.07) is 1.50. The van der Waals surface area contributed by atoms with E-state index < -0.39 is 5.97 Å². The molecule has 0 spiro atoms. The third-order valence-electron chi connectivity index (χ3n) is 1.58. The van der Waals surface area contributed by atoms with Crippen molar-refractivity contribution in [1.82, 2.24) is 0 Å². The van der Waals surface area contributed by atoms with E-state index in [9.17, 15) is 9.90 Å². The number of thiophene rings is 1. The average molecular weight is 199 g/mol. The number of esters is 1. The molecule has 1 heterocycles. The van der Waals surface area contributed by atoms with E-state index in [1.54, 1.807) is 5.38 Å². The topological polar surface area (TPSA) is 46.2 Å². The number of hydrogen-bond acceptors (Lipinski definition) is 3. The molecule has 0 fully saturated rings. The van der Waals surface area contributed by atoms with Crippen LogP contribution in [0.15, 0.2) is 11.4 Å². The zero-order valence-electron chi connectivity index (χ0n) is 7.41. The predicted octanol–water partition coefficient (Wildman–Crippen LogP) is 2.85. The lowest BCUT2D eigenvalue weighted by atomic mass is 10.3. The molecule has 0 aliphatic carbocycles. The molecule has 1 aromatic rings. The third kappa shape index (κ3) is 2.73. The Kier molecular flexibility index (Phi) is 3.76. The molecule has 1 aromatic heterocycles. The molecular formula is C9H11O3S. The van der Waals surface area contributed by atoms with E-state index in [1.165, 1.54) is 6.07 Å². The van der Waals surface area contributed by atoms with Crippen molar-refractivity contribution in [2.75, 3.05) is 6.61 Å². The van der Waals surface area contributed by atoms with E-state index in [1.807, 2.05) is 6.92 Å². The summed E-state index contributed by atoms with van der Waals surface area (Å²) in [4.78, 5) is 11.2. The van der Waals surface area contributed by atoms with Gasteiger partial charge >= 0.3 is 5.97 Å². The largest absolute Gasteiger partial charge is 0.462 e. The van der Waals surface area contributed by atoms with Gasteiger partial charge < -0.3 is 4.74 Å². The number of unbranched alkanes of at least 4 members (excludes halogenated alkanes) is 1. The summed E-state index contributed by atoms with van der Waals surface area (Å²) in [7, 11) is 0. The molecule has 0 amide bonds. The fourth-order valence-corrected chi connectivity index (χ4v) is 1.44. The van der Waals surface area contributed by atoms with Gasteiger partial charge in [-0.1, -0.05) is 13.3 Å². The second-order valence-electron chi connectivity index (χ2n) is 2.61. The molecule has 13 heavy (non-hydrogen) atoms. The molecule has 1 radical (unpaired) electrons. The van der Waals surface area contributed by atoms with Crippen LogP contribution in [0.1, 0.15) is 30.1 Å². The van der Waals surface area contributed by atoms with Crippen LogP contribution in [0.4, 0.5) is 0 Å². The van der Waals surface area contributed by atoms with Gasteiger partial charge in [-0.15, -0.1) is 11.3 Å². The smallest absolute Gasteiger partial charge is 0.343 e. The number of ether oxygens (including phenoxy) is 1. The minimum Gasteiger partial charge on any atom is -0.462 e. The summed E-state index contributed by atoms with van der Waals surface area (Å²) < 4.78 is 4.88. The minimum absolute atomic E-state index is 0.154. The number of rotatable bonds is 4. The van der Waals surface area contributed by atoms with Crippen molar-refractivity contribution in [1.29, 1.82) is 0 Å². The van der Waals surface area contributed by atoms with Crippen LogP contribution < -0.4 is 0 Å². The van der Waals surface area contributed by atoms with Gasteiger partial charge in [0.2, 0.25) is 5.06 Å². The van der Waals surface area contributed by atoms with Gasteiger partial charge in [0.1, 0.15) is 5.56 Å². The van der Waals surface area contributed by atoms with Gasteiger partial charge in [0.15, 0.2) is 0 Å². The molecule has 71 valence electrons. The Morgan fingerprint density at radius 1 is 1.62 bits per heavy atom. The van der Waals surface area contributed by atoms with Crippen molar-refractivity contribution in [2.24, 2.45) is 0 Å². The molecule has 0 bridgehead atoms. The molecule has 4 heteroatoms. The minimum atomic E-state index is -0.500. The fourth-order valence-electron chi connectivity index (χ4n) is 0.834.